The van der Waals surface area contributed by atoms with E-state index in [4.69, 9.17) is 9.40 Å². The molecular formula is C69H81BN4O. The molecule has 0 spiro atoms. The second-order valence-electron chi connectivity index (χ2n) is 29.0. The summed E-state index contributed by atoms with van der Waals surface area (Å²) in [5, 5.41) is 0. The fourth-order valence-corrected chi connectivity index (χ4v) is 14.2. The Bertz CT molecular complexity index is 3210. The molecular weight excluding hydrogens is 912 g/mol. The zero-order valence-corrected chi connectivity index (χ0v) is 47.9. The number of fused-ring (bicyclic) bond motifs is 4. The van der Waals surface area contributed by atoms with Gasteiger partial charge in [0.15, 0.2) is 0 Å². The summed E-state index contributed by atoms with van der Waals surface area (Å²) >= 11 is 0. The largest absolute Gasteiger partial charge is 0.407 e. The summed E-state index contributed by atoms with van der Waals surface area (Å²) in [6.45, 7) is 35.2. The van der Waals surface area contributed by atoms with Crippen LogP contribution in [0.4, 0.5) is 51.7 Å². The zero-order valence-electron chi connectivity index (χ0n) is 47.9. The van der Waals surface area contributed by atoms with Gasteiger partial charge in [-0.2, -0.15) is 0 Å². The van der Waals surface area contributed by atoms with Crippen molar-refractivity contribution in [3.8, 4) is 0 Å². The average molecular weight is 993 g/mol. The number of hydrogen-bond acceptors (Lipinski definition) is 5. The van der Waals surface area contributed by atoms with Crippen molar-refractivity contribution in [1.82, 2.24) is 4.98 Å². The SMILES string of the molecule is CC(C)(C)c1cc(N2c3ccc(C(C)(C)C)cc3B3c4nc(N(c5ccccc5)c5ccccc5)oc4N(c4cc(C(C)(C)C)cc(C(C)(C)C)c4)c4cc(C56CC7CC(CC(C7)C5)C6)cc2c43)cc(C(C)(C)C)c1. The van der Waals surface area contributed by atoms with Crippen LogP contribution in [0.1, 0.15) is 176 Å². The molecule has 3 heterocycles. The monoisotopic (exact) mass is 993 g/mol. The number of rotatable bonds is 6. The molecule has 13 rings (SSSR count). The third-order valence-corrected chi connectivity index (χ3v) is 18.1. The van der Waals surface area contributed by atoms with Gasteiger partial charge in [0.05, 0.1) is 17.0 Å². The molecule has 0 saturated heterocycles. The van der Waals surface area contributed by atoms with Crippen molar-refractivity contribution in [3.63, 3.8) is 0 Å². The van der Waals surface area contributed by atoms with E-state index in [0.29, 0.717) is 6.01 Å². The Hall–Kier alpha value is -6.01. The highest BCUT2D eigenvalue weighted by molar-refractivity contribution is 6.99. The maximum Gasteiger partial charge on any atom is 0.307 e. The van der Waals surface area contributed by atoms with E-state index in [-0.39, 0.29) is 39.2 Å². The Morgan fingerprint density at radius 1 is 0.480 bits per heavy atom. The zero-order chi connectivity index (χ0) is 52.9. The molecule has 1 aromatic heterocycles. The van der Waals surface area contributed by atoms with Crippen LogP contribution in [0.25, 0.3) is 0 Å². The molecule has 75 heavy (non-hydrogen) atoms. The molecule has 4 bridgehead atoms. The molecule has 6 aromatic carbocycles. The first-order valence-corrected chi connectivity index (χ1v) is 28.4. The van der Waals surface area contributed by atoms with E-state index < -0.39 is 0 Å². The molecule has 6 aliphatic rings. The lowest BCUT2D eigenvalue weighted by atomic mass is 9.35. The lowest BCUT2D eigenvalue weighted by molar-refractivity contribution is -0.00514. The van der Waals surface area contributed by atoms with Crippen molar-refractivity contribution in [3.05, 3.63) is 161 Å². The van der Waals surface area contributed by atoms with E-state index in [1.165, 1.54) is 106 Å². The fraction of sp³-hybridized carbons (Fsp3) is 0.435. The molecule has 2 aliphatic heterocycles. The molecule has 5 nitrogen and oxygen atoms in total. The average Bonchev–Trinajstić information content (AvgIpc) is 3.79. The number of nitrogens with zero attached hydrogens (tertiary/aromatic N) is 4. The van der Waals surface area contributed by atoms with E-state index in [0.717, 1.165) is 46.3 Å². The summed E-state index contributed by atoms with van der Waals surface area (Å²) in [4.78, 5) is 13.3. The fourth-order valence-electron chi connectivity index (χ4n) is 14.2. The highest BCUT2D eigenvalue weighted by Crippen LogP contribution is 2.62. The van der Waals surface area contributed by atoms with E-state index >= 15 is 0 Å². The molecule has 0 N–H and O–H groups in total. The van der Waals surface area contributed by atoms with Crippen molar-refractivity contribution in [2.45, 2.75) is 175 Å². The van der Waals surface area contributed by atoms with Crippen LogP contribution in [0.3, 0.4) is 0 Å². The van der Waals surface area contributed by atoms with Crippen LogP contribution in [0.5, 0.6) is 0 Å². The minimum absolute atomic E-state index is 0.0667. The van der Waals surface area contributed by atoms with Gasteiger partial charge >= 0.3 is 6.01 Å². The highest BCUT2D eigenvalue weighted by atomic mass is 16.4. The maximum absolute atomic E-state index is 7.69. The topological polar surface area (TPSA) is 35.8 Å². The van der Waals surface area contributed by atoms with E-state index in [2.05, 4.69) is 246 Å². The number of oxazole rings is 1. The van der Waals surface area contributed by atoms with Crippen LogP contribution < -0.4 is 31.2 Å². The van der Waals surface area contributed by atoms with Crippen molar-refractivity contribution >= 4 is 74.9 Å². The van der Waals surface area contributed by atoms with Crippen molar-refractivity contribution < 1.29 is 4.42 Å². The molecule has 6 heteroatoms. The second kappa shape index (κ2) is 17.0. The van der Waals surface area contributed by atoms with Gasteiger partial charge < -0.3 is 9.32 Å². The third kappa shape index (κ3) is 8.56. The van der Waals surface area contributed by atoms with Crippen LogP contribution in [-0.2, 0) is 32.5 Å². The van der Waals surface area contributed by atoms with Crippen molar-refractivity contribution in [2.24, 2.45) is 17.8 Å². The summed E-state index contributed by atoms with van der Waals surface area (Å²) in [5.41, 5.74) is 19.4. The molecule has 0 radical (unpaired) electrons. The summed E-state index contributed by atoms with van der Waals surface area (Å²) in [5.74, 6) is 3.17. The number of hydrogen-bond donors (Lipinski definition) is 0. The lowest BCUT2D eigenvalue weighted by Gasteiger charge is -2.57. The first-order valence-electron chi connectivity index (χ1n) is 28.4. The van der Waals surface area contributed by atoms with Gasteiger partial charge in [-0.3, -0.25) is 9.80 Å². The molecule has 0 amide bonds. The smallest absolute Gasteiger partial charge is 0.307 e. The number of aromatic nitrogens is 1. The van der Waals surface area contributed by atoms with Gasteiger partial charge in [0, 0.05) is 28.4 Å². The highest BCUT2D eigenvalue weighted by Gasteiger charge is 2.54. The summed E-state index contributed by atoms with van der Waals surface area (Å²) in [6, 6.07) is 49.5. The van der Waals surface area contributed by atoms with E-state index in [1.54, 1.807) is 0 Å². The van der Waals surface area contributed by atoms with Crippen LogP contribution in [-0.4, -0.2) is 11.7 Å². The third-order valence-electron chi connectivity index (χ3n) is 18.1. The second-order valence-corrected chi connectivity index (χ2v) is 29.0. The van der Waals surface area contributed by atoms with Gasteiger partial charge in [0.25, 0.3) is 6.71 Å². The number of para-hydroxylation sites is 2. The van der Waals surface area contributed by atoms with Crippen LogP contribution in [0.15, 0.2) is 132 Å². The van der Waals surface area contributed by atoms with Gasteiger partial charge in [-0.1, -0.05) is 165 Å². The number of anilines is 9. The quantitative estimate of drug-likeness (QED) is 0.155. The Balaban J connectivity index is 1.23. The summed E-state index contributed by atoms with van der Waals surface area (Å²) in [6.07, 6.45) is 8.01. The van der Waals surface area contributed by atoms with Crippen molar-refractivity contribution in [1.29, 1.82) is 0 Å². The Kier molecular flexibility index (Phi) is 11.3. The Morgan fingerprint density at radius 2 is 0.907 bits per heavy atom. The van der Waals surface area contributed by atoms with Crippen LogP contribution in [0.2, 0.25) is 0 Å². The standard InChI is InChI=1S/C69H81BN4O/c1-64(2,3)46-26-27-57-56(37-46)70-60-58(73(57)54-33-47(65(4,5)6)31-48(34-54)66(7,8)9)38-51(69-40-43-28-44(41-69)30-45(29-43)42-69)39-59(60)74(55-35-49(67(10,11)12)32-50(36-55)68(13,14)15)62-61(70)71-63(75-62)72(52-22-18-16-19-23-52)53-24-20-17-21-25-53/h16-27,31-39,43-45H,28-30,40-42H2,1-15H3. The first-order chi connectivity index (χ1) is 35.2. The first kappa shape index (κ1) is 49.8. The lowest BCUT2D eigenvalue weighted by Crippen LogP contribution is -2.62. The molecule has 386 valence electrons. The van der Waals surface area contributed by atoms with E-state index in [1.807, 2.05) is 0 Å². The van der Waals surface area contributed by atoms with Gasteiger partial charge in [0.2, 0.25) is 5.88 Å². The van der Waals surface area contributed by atoms with Gasteiger partial charge in [-0.25, -0.2) is 4.98 Å². The van der Waals surface area contributed by atoms with Crippen LogP contribution in [0, 0.1) is 17.8 Å². The van der Waals surface area contributed by atoms with E-state index in [9.17, 15) is 0 Å². The molecule has 4 fully saturated rings. The summed E-state index contributed by atoms with van der Waals surface area (Å²) < 4.78 is 7.69. The normalized spacial score (nSPS) is 21.1. The minimum Gasteiger partial charge on any atom is -0.407 e. The number of benzene rings is 6. The van der Waals surface area contributed by atoms with Gasteiger partial charge in [-0.05, 0) is 200 Å². The van der Waals surface area contributed by atoms with Crippen molar-refractivity contribution in [2.75, 3.05) is 14.7 Å². The molecule has 0 atom stereocenters. The minimum atomic E-state index is -0.216. The Morgan fingerprint density at radius 3 is 1.35 bits per heavy atom. The molecule has 0 unspecified atom stereocenters. The molecule has 7 aromatic rings. The van der Waals surface area contributed by atoms with Gasteiger partial charge in [-0.15, -0.1) is 0 Å². The molecule has 4 saturated carbocycles. The van der Waals surface area contributed by atoms with Crippen LogP contribution >= 0.6 is 0 Å². The van der Waals surface area contributed by atoms with Gasteiger partial charge in [0.1, 0.15) is 0 Å². The summed E-state index contributed by atoms with van der Waals surface area (Å²) in [7, 11) is 0. The Labute approximate surface area is 450 Å². The maximum atomic E-state index is 7.69. The molecule has 4 aliphatic carbocycles. The predicted molar refractivity (Wildman–Crippen MR) is 319 cm³/mol. The predicted octanol–water partition coefficient (Wildman–Crippen LogP) is 17.2.